The lowest BCUT2D eigenvalue weighted by Gasteiger charge is -2.15. The molecular formula is C19H21N5O. The maximum absolute atomic E-state index is 12.2. The lowest BCUT2D eigenvalue weighted by atomic mass is 10.1. The fourth-order valence-corrected chi connectivity index (χ4v) is 3.09. The van der Waals surface area contributed by atoms with Gasteiger partial charge in [0.25, 0.3) is 0 Å². The van der Waals surface area contributed by atoms with Crippen molar-refractivity contribution >= 4 is 22.8 Å². The Hall–Kier alpha value is -2.89. The van der Waals surface area contributed by atoms with E-state index >= 15 is 0 Å². The molecule has 2 amide bonds. The number of aromatic nitrogens is 3. The topological polar surface area (TPSA) is 71.8 Å². The van der Waals surface area contributed by atoms with Gasteiger partial charge in [-0.25, -0.2) is 9.48 Å². The second-order valence-electron chi connectivity index (χ2n) is 6.58. The lowest BCUT2D eigenvalue weighted by Crippen LogP contribution is -2.29. The molecule has 4 rings (SSSR count). The van der Waals surface area contributed by atoms with Crippen LogP contribution < -0.4 is 10.6 Å². The van der Waals surface area contributed by atoms with Crippen molar-refractivity contribution in [3.8, 4) is 0 Å². The first-order valence-corrected chi connectivity index (χ1v) is 8.63. The predicted molar refractivity (Wildman–Crippen MR) is 97.3 cm³/mol. The summed E-state index contributed by atoms with van der Waals surface area (Å²) in [5, 5.41) is 11.2. The van der Waals surface area contributed by atoms with E-state index in [0.29, 0.717) is 18.5 Å². The fourth-order valence-electron chi connectivity index (χ4n) is 3.09. The molecule has 2 aromatic heterocycles. The number of nitrogens with one attached hydrogen (secondary N) is 2. The van der Waals surface area contributed by atoms with E-state index in [1.165, 1.54) is 12.8 Å². The summed E-state index contributed by atoms with van der Waals surface area (Å²) in [6.07, 6.45) is 5.98. The molecule has 1 saturated carbocycles. The number of amides is 2. The van der Waals surface area contributed by atoms with Gasteiger partial charge in [0.1, 0.15) is 5.82 Å². The minimum atomic E-state index is -0.226. The van der Waals surface area contributed by atoms with Crippen LogP contribution >= 0.6 is 0 Å². The summed E-state index contributed by atoms with van der Waals surface area (Å²) in [5.74, 6) is 1.41. The molecule has 0 radical (unpaired) electrons. The van der Waals surface area contributed by atoms with Crippen molar-refractivity contribution in [2.24, 2.45) is 5.92 Å². The van der Waals surface area contributed by atoms with Crippen LogP contribution in [0.15, 0.2) is 48.8 Å². The highest BCUT2D eigenvalue weighted by Crippen LogP contribution is 2.40. The van der Waals surface area contributed by atoms with Gasteiger partial charge in [-0.3, -0.25) is 10.3 Å². The molecule has 3 aromatic rings. The second-order valence-corrected chi connectivity index (χ2v) is 6.58. The van der Waals surface area contributed by atoms with Gasteiger partial charge in [-0.15, -0.1) is 0 Å². The quantitative estimate of drug-likeness (QED) is 0.746. The van der Waals surface area contributed by atoms with Gasteiger partial charge in [0.2, 0.25) is 0 Å². The Morgan fingerprint density at radius 2 is 2.16 bits per heavy atom. The summed E-state index contributed by atoms with van der Waals surface area (Å²) < 4.78 is 1.90. The van der Waals surface area contributed by atoms with E-state index in [2.05, 4.69) is 27.6 Å². The van der Waals surface area contributed by atoms with Crippen LogP contribution in [0.3, 0.4) is 0 Å². The first-order chi connectivity index (χ1) is 12.2. The maximum Gasteiger partial charge on any atom is 0.320 e. The van der Waals surface area contributed by atoms with Gasteiger partial charge in [-0.05, 0) is 49.4 Å². The monoisotopic (exact) mass is 335 g/mol. The van der Waals surface area contributed by atoms with E-state index in [1.54, 1.807) is 12.4 Å². The van der Waals surface area contributed by atoms with Crippen LogP contribution in [0.2, 0.25) is 0 Å². The van der Waals surface area contributed by atoms with Crippen molar-refractivity contribution in [2.75, 3.05) is 5.32 Å². The van der Waals surface area contributed by atoms with Gasteiger partial charge in [0.15, 0.2) is 0 Å². The molecule has 6 heteroatoms. The normalized spacial score (nSPS) is 15.1. The van der Waals surface area contributed by atoms with E-state index in [-0.39, 0.29) is 6.03 Å². The Balaban J connectivity index is 1.38. The summed E-state index contributed by atoms with van der Waals surface area (Å²) in [7, 11) is 0. The number of fused-ring (bicyclic) bond motifs is 1. The van der Waals surface area contributed by atoms with Crippen molar-refractivity contribution in [3.05, 3.63) is 54.4 Å². The molecule has 0 saturated heterocycles. The van der Waals surface area contributed by atoms with Crippen LogP contribution in [0.25, 0.3) is 10.9 Å². The average molecular weight is 335 g/mol. The number of hydrogen-bond donors (Lipinski definition) is 2. The standard InChI is InChI=1S/C19H21N5O/c1-13(15-5-6-15)24-18(8-10-22-24)23-19(25)21-12-14-4-7-17-16(11-14)3-2-9-20-17/h2-4,7-11,13,15H,5-6,12H2,1H3,(H2,21,23,25)/t13-/m0/s1. The van der Waals surface area contributed by atoms with Crippen LogP contribution in [-0.2, 0) is 6.54 Å². The molecule has 0 spiro atoms. The highest BCUT2D eigenvalue weighted by Gasteiger charge is 2.30. The minimum Gasteiger partial charge on any atom is -0.334 e. The molecule has 25 heavy (non-hydrogen) atoms. The van der Waals surface area contributed by atoms with Gasteiger partial charge < -0.3 is 5.32 Å². The number of carbonyl (C=O) groups excluding carboxylic acids is 1. The molecular weight excluding hydrogens is 314 g/mol. The van der Waals surface area contributed by atoms with Crippen molar-refractivity contribution in [3.63, 3.8) is 0 Å². The predicted octanol–water partition coefficient (Wildman–Crippen LogP) is 3.72. The Kier molecular flexibility index (Phi) is 4.09. The summed E-state index contributed by atoms with van der Waals surface area (Å²) in [6, 6.07) is 11.8. The van der Waals surface area contributed by atoms with E-state index in [4.69, 9.17) is 0 Å². The van der Waals surface area contributed by atoms with Crippen LogP contribution in [0.5, 0.6) is 0 Å². The van der Waals surface area contributed by atoms with Crippen LogP contribution in [-0.4, -0.2) is 20.8 Å². The summed E-state index contributed by atoms with van der Waals surface area (Å²) in [4.78, 5) is 16.5. The summed E-state index contributed by atoms with van der Waals surface area (Å²) in [6.45, 7) is 2.61. The summed E-state index contributed by atoms with van der Waals surface area (Å²) in [5.41, 5.74) is 1.99. The molecule has 0 unspecified atom stereocenters. The number of anilines is 1. The third-order valence-corrected chi connectivity index (χ3v) is 4.72. The molecule has 0 aliphatic heterocycles. The van der Waals surface area contributed by atoms with Gasteiger partial charge in [-0.1, -0.05) is 12.1 Å². The molecule has 1 fully saturated rings. The van der Waals surface area contributed by atoms with Crippen molar-refractivity contribution < 1.29 is 4.79 Å². The Morgan fingerprint density at radius 3 is 3.00 bits per heavy atom. The molecule has 0 bridgehead atoms. The fraction of sp³-hybridized carbons (Fsp3) is 0.316. The number of benzene rings is 1. The molecule has 1 aliphatic rings. The smallest absolute Gasteiger partial charge is 0.320 e. The first-order valence-electron chi connectivity index (χ1n) is 8.63. The number of hydrogen-bond acceptors (Lipinski definition) is 3. The minimum absolute atomic E-state index is 0.226. The van der Waals surface area contributed by atoms with Gasteiger partial charge in [0, 0.05) is 24.2 Å². The SMILES string of the molecule is C[C@@H](C1CC1)n1nccc1NC(=O)NCc1ccc2ncccc2c1. The van der Waals surface area contributed by atoms with E-state index in [1.807, 2.05) is 41.1 Å². The van der Waals surface area contributed by atoms with Crippen LogP contribution in [0.1, 0.15) is 31.4 Å². The third kappa shape index (κ3) is 3.47. The first kappa shape index (κ1) is 15.6. The van der Waals surface area contributed by atoms with Gasteiger partial charge in [-0.2, -0.15) is 5.10 Å². The number of carbonyl (C=O) groups is 1. The van der Waals surface area contributed by atoms with Crippen molar-refractivity contribution in [2.45, 2.75) is 32.4 Å². The van der Waals surface area contributed by atoms with Crippen LogP contribution in [0.4, 0.5) is 10.6 Å². The van der Waals surface area contributed by atoms with Crippen molar-refractivity contribution in [1.29, 1.82) is 0 Å². The zero-order valence-electron chi connectivity index (χ0n) is 14.1. The maximum atomic E-state index is 12.2. The zero-order chi connectivity index (χ0) is 17.2. The highest BCUT2D eigenvalue weighted by atomic mass is 16.2. The number of pyridine rings is 1. The molecule has 2 heterocycles. The largest absolute Gasteiger partial charge is 0.334 e. The lowest BCUT2D eigenvalue weighted by molar-refractivity contribution is 0.251. The van der Waals surface area contributed by atoms with Gasteiger partial charge >= 0.3 is 6.03 Å². The molecule has 6 nitrogen and oxygen atoms in total. The highest BCUT2D eigenvalue weighted by molar-refractivity contribution is 5.88. The zero-order valence-corrected chi connectivity index (χ0v) is 14.1. The Morgan fingerprint density at radius 1 is 1.28 bits per heavy atom. The van der Waals surface area contributed by atoms with Crippen molar-refractivity contribution in [1.82, 2.24) is 20.1 Å². The van der Waals surface area contributed by atoms with E-state index < -0.39 is 0 Å². The van der Waals surface area contributed by atoms with E-state index in [9.17, 15) is 4.79 Å². The van der Waals surface area contributed by atoms with E-state index in [0.717, 1.165) is 22.3 Å². The molecule has 1 atom stereocenters. The Labute approximate surface area is 146 Å². The molecule has 128 valence electrons. The molecule has 2 N–H and O–H groups in total. The Bertz CT molecular complexity index is 899. The average Bonchev–Trinajstić information content (AvgIpc) is 3.39. The number of rotatable bonds is 5. The van der Waals surface area contributed by atoms with Crippen LogP contribution in [0, 0.1) is 5.92 Å². The third-order valence-electron chi connectivity index (χ3n) is 4.72. The van der Waals surface area contributed by atoms with Gasteiger partial charge in [0.05, 0.1) is 17.8 Å². The summed E-state index contributed by atoms with van der Waals surface area (Å²) >= 11 is 0. The second kappa shape index (κ2) is 6.55. The number of urea groups is 1. The molecule has 1 aromatic carbocycles. The number of nitrogens with zero attached hydrogens (tertiary/aromatic N) is 3. The molecule has 1 aliphatic carbocycles.